The molecule has 0 amide bonds. The van der Waals surface area contributed by atoms with Crippen LogP contribution < -0.4 is 9.64 Å². The molecule has 1 unspecified atom stereocenters. The molecule has 1 fully saturated rings. The zero-order valence-corrected chi connectivity index (χ0v) is 10.0. The van der Waals surface area contributed by atoms with Crippen LogP contribution in [0.15, 0.2) is 18.6 Å². The predicted molar refractivity (Wildman–Crippen MR) is 67.8 cm³/mol. The van der Waals surface area contributed by atoms with Crippen molar-refractivity contribution in [1.82, 2.24) is 15.0 Å². The second-order valence-electron chi connectivity index (χ2n) is 4.86. The van der Waals surface area contributed by atoms with E-state index >= 15 is 0 Å². The maximum atomic E-state index is 5.86. The molecule has 2 aliphatic heterocycles. The first-order valence-corrected chi connectivity index (χ1v) is 6.42. The largest absolute Gasteiger partial charge is 0.475 e. The Morgan fingerprint density at radius 3 is 3.22 bits per heavy atom. The van der Waals surface area contributed by atoms with Crippen molar-refractivity contribution in [2.75, 3.05) is 18.1 Å². The average Bonchev–Trinajstić information content (AvgIpc) is 2.60. The van der Waals surface area contributed by atoms with Crippen LogP contribution in [0.5, 0.6) is 5.88 Å². The van der Waals surface area contributed by atoms with Crippen LogP contribution in [0.4, 0.5) is 5.82 Å². The van der Waals surface area contributed by atoms with Gasteiger partial charge in [0.2, 0.25) is 5.88 Å². The number of pyridine rings is 1. The molecule has 4 rings (SSSR count). The van der Waals surface area contributed by atoms with Gasteiger partial charge in [0.15, 0.2) is 0 Å². The number of nitrogens with zero attached hydrogens (tertiary/aromatic N) is 4. The number of piperidine rings is 1. The smallest absolute Gasteiger partial charge is 0.226 e. The molecule has 4 heterocycles. The van der Waals surface area contributed by atoms with E-state index in [1.807, 2.05) is 6.07 Å². The molecule has 2 aromatic rings. The molecule has 0 aromatic carbocycles. The van der Waals surface area contributed by atoms with Crippen molar-refractivity contribution in [3.8, 4) is 5.88 Å². The number of anilines is 1. The van der Waals surface area contributed by atoms with Crippen LogP contribution in [0.25, 0.3) is 10.9 Å². The topological polar surface area (TPSA) is 51.1 Å². The van der Waals surface area contributed by atoms with Gasteiger partial charge >= 0.3 is 0 Å². The molecule has 0 bridgehead atoms. The van der Waals surface area contributed by atoms with E-state index < -0.39 is 0 Å². The van der Waals surface area contributed by atoms with Gasteiger partial charge in [-0.25, -0.2) is 15.0 Å². The van der Waals surface area contributed by atoms with Crippen molar-refractivity contribution in [3.63, 3.8) is 0 Å². The first-order chi connectivity index (χ1) is 8.93. The molecule has 0 aliphatic carbocycles. The van der Waals surface area contributed by atoms with Crippen LogP contribution in [0.1, 0.15) is 19.3 Å². The fraction of sp³-hybridized carbons (Fsp3) is 0.462. The third-order valence-electron chi connectivity index (χ3n) is 3.81. The predicted octanol–water partition coefficient (Wildman–Crippen LogP) is 1.78. The van der Waals surface area contributed by atoms with Crippen LogP contribution >= 0.6 is 0 Å². The number of hydrogen-bond acceptors (Lipinski definition) is 5. The van der Waals surface area contributed by atoms with Crippen molar-refractivity contribution >= 4 is 16.7 Å². The van der Waals surface area contributed by atoms with E-state index in [9.17, 15) is 0 Å². The molecule has 92 valence electrons. The second kappa shape index (κ2) is 3.80. The highest BCUT2D eigenvalue weighted by atomic mass is 16.5. The zero-order valence-electron chi connectivity index (χ0n) is 10.0. The molecular weight excluding hydrogens is 228 g/mol. The number of fused-ring (bicyclic) bond motifs is 2. The summed E-state index contributed by atoms with van der Waals surface area (Å²) >= 11 is 0. The highest BCUT2D eigenvalue weighted by Gasteiger charge is 2.30. The van der Waals surface area contributed by atoms with Crippen LogP contribution in [0.2, 0.25) is 0 Å². The summed E-state index contributed by atoms with van der Waals surface area (Å²) in [6, 6.07) is 2.34. The monoisotopic (exact) mass is 242 g/mol. The molecule has 2 aliphatic rings. The average molecular weight is 242 g/mol. The van der Waals surface area contributed by atoms with Crippen molar-refractivity contribution in [3.05, 3.63) is 18.6 Å². The van der Waals surface area contributed by atoms with E-state index in [-0.39, 0.29) is 0 Å². The number of ether oxygens (including phenoxy) is 1. The third-order valence-corrected chi connectivity index (χ3v) is 3.81. The Bertz CT molecular complexity index is 595. The molecule has 1 atom stereocenters. The quantitative estimate of drug-likeness (QED) is 0.704. The van der Waals surface area contributed by atoms with Gasteiger partial charge in [-0.1, -0.05) is 0 Å². The molecule has 0 spiro atoms. The van der Waals surface area contributed by atoms with Gasteiger partial charge < -0.3 is 9.64 Å². The minimum Gasteiger partial charge on any atom is -0.475 e. The Kier molecular flexibility index (Phi) is 2.12. The second-order valence-corrected chi connectivity index (χ2v) is 4.86. The molecule has 18 heavy (non-hydrogen) atoms. The number of rotatable bonds is 0. The lowest BCUT2D eigenvalue weighted by Gasteiger charge is -2.34. The summed E-state index contributed by atoms with van der Waals surface area (Å²) in [6.07, 6.45) is 7.04. The lowest BCUT2D eigenvalue weighted by atomic mass is 10.0. The van der Waals surface area contributed by atoms with Crippen LogP contribution in [-0.2, 0) is 0 Å². The Hall–Kier alpha value is -1.91. The Morgan fingerprint density at radius 1 is 1.22 bits per heavy atom. The Labute approximate surface area is 105 Å². The molecule has 0 saturated carbocycles. The first kappa shape index (κ1) is 10.1. The molecule has 0 N–H and O–H groups in total. The summed E-state index contributed by atoms with van der Waals surface area (Å²) < 4.78 is 5.86. The van der Waals surface area contributed by atoms with Crippen LogP contribution in [0.3, 0.4) is 0 Å². The first-order valence-electron chi connectivity index (χ1n) is 6.42. The molecule has 5 nitrogen and oxygen atoms in total. The summed E-state index contributed by atoms with van der Waals surface area (Å²) in [6.45, 7) is 1.75. The van der Waals surface area contributed by atoms with E-state index in [2.05, 4.69) is 19.9 Å². The highest BCUT2D eigenvalue weighted by molar-refractivity contribution is 5.93. The maximum Gasteiger partial charge on any atom is 0.226 e. The standard InChI is InChI=1S/C13H14N4O/c1-2-6-17-9(3-1)7-18-13-11-10(4-5-14-13)15-8-16-12(11)17/h4-5,8-9H,1-3,6-7H2. The zero-order chi connectivity index (χ0) is 11.9. The van der Waals surface area contributed by atoms with Crippen molar-refractivity contribution in [2.24, 2.45) is 0 Å². The fourth-order valence-electron chi connectivity index (χ4n) is 2.92. The summed E-state index contributed by atoms with van der Waals surface area (Å²) in [4.78, 5) is 15.5. The molecule has 5 heteroatoms. The molecule has 2 aromatic heterocycles. The summed E-state index contributed by atoms with van der Waals surface area (Å²) in [5.74, 6) is 1.67. The minimum atomic E-state index is 0.422. The van der Waals surface area contributed by atoms with Gasteiger partial charge in [-0.3, -0.25) is 0 Å². The van der Waals surface area contributed by atoms with E-state index in [1.54, 1.807) is 12.5 Å². The Morgan fingerprint density at radius 2 is 2.22 bits per heavy atom. The van der Waals surface area contributed by atoms with Crippen molar-refractivity contribution < 1.29 is 4.74 Å². The van der Waals surface area contributed by atoms with Crippen LogP contribution in [-0.4, -0.2) is 34.1 Å². The molecule has 1 saturated heterocycles. The highest BCUT2D eigenvalue weighted by Crippen LogP contribution is 2.36. The van der Waals surface area contributed by atoms with Gasteiger partial charge in [-0.15, -0.1) is 0 Å². The van der Waals surface area contributed by atoms with E-state index in [0.717, 1.165) is 23.3 Å². The van der Waals surface area contributed by atoms with Crippen molar-refractivity contribution in [2.45, 2.75) is 25.3 Å². The van der Waals surface area contributed by atoms with Gasteiger partial charge in [0.05, 0.1) is 11.6 Å². The molecular formula is C13H14N4O. The lowest BCUT2D eigenvalue weighted by molar-refractivity contribution is 0.260. The van der Waals surface area contributed by atoms with Gasteiger partial charge in [-0.05, 0) is 25.3 Å². The number of aromatic nitrogens is 3. The summed E-state index contributed by atoms with van der Waals surface area (Å²) in [5.41, 5.74) is 0.913. The third kappa shape index (κ3) is 1.36. The fourth-order valence-corrected chi connectivity index (χ4v) is 2.92. The Balaban J connectivity index is 1.98. The maximum absolute atomic E-state index is 5.86. The summed E-state index contributed by atoms with van der Waals surface area (Å²) in [7, 11) is 0. The van der Waals surface area contributed by atoms with E-state index in [0.29, 0.717) is 18.5 Å². The molecule has 0 radical (unpaired) electrons. The van der Waals surface area contributed by atoms with Crippen molar-refractivity contribution in [1.29, 1.82) is 0 Å². The van der Waals surface area contributed by atoms with Crippen LogP contribution in [0, 0.1) is 0 Å². The van der Waals surface area contributed by atoms with Gasteiger partial charge in [0.25, 0.3) is 0 Å². The summed E-state index contributed by atoms with van der Waals surface area (Å²) in [5, 5.41) is 0.962. The minimum absolute atomic E-state index is 0.422. The van der Waals surface area contributed by atoms with E-state index in [1.165, 1.54) is 19.3 Å². The normalized spacial score (nSPS) is 22.2. The van der Waals surface area contributed by atoms with Gasteiger partial charge in [0.1, 0.15) is 24.1 Å². The van der Waals surface area contributed by atoms with E-state index in [4.69, 9.17) is 4.74 Å². The number of hydrogen-bond donors (Lipinski definition) is 0. The van der Waals surface area contributed by atoms with Gasteiger partial charge in [-0.2, -0.15) is 0 Å². The van der Waals surface area contributed by atoms with Gasteiger partial charge in [0, 0.05) is 12.7 Å². The lowest BCUT2D eigenvalue weighted by Crippen LogP contribution is -2.42. The SMILES string of the molecule is c1cc2ncnc3c2c(n1)OCC1CCCCN31.